The Balaban J connectivity index is -0.0000000133. The van der Waals surface area contributed by atoms with Crippen molar-refractivity contribution in [3.05, 3.63) is 0 Å². The molecule has 8 heavy (non-hydrogen) atoms. The molecule has 0 spiro atoms. The van der Waals surface area contributed by atoms with Crippen LogP contribution in [0.4, 0.5) is 0 Å². The van der Waals surface area contributed by atoms with Gasteiger partial charge in [0.2, 0.25) is 0 Å². The van der Waals surface area contributed by atoms with Crippen LogP contribution in [-0.4, -0.2) is 8.38 Å². The molecule has 0 bridgehead atoms. The molecule has 0 aliphatic heterocycles. The summed E-state index contributed by atoms with van der Waals surface area (Å²) in [6, 6.07) is 0. The summed E-state index contributed by atoms with van der Waals surface area (Å²) in [6.45, 7) is 0. The molecule has 0 saturated heterocycles. The van der Waals surface area contributed by atoms with Crippen LogP contribution in [0.15, 0.2) is 0 Å². The van der Waals surface area contributed by atoms with Gasteiger partial charge in [-0.05, 0) is 0 Å². The molecule has 0 aliphatic carbocycles. The molecular weight excluding hydrogens is 273 g/mol. The van der Waals surface area contributed by atoms with Crippen LogP contribution in [-0.2, 0) is 54.6 Å². The second kappa shape index (κ2) is 9.69. The van der Waals surface area contributed by atoms with Crippen LogP contribution < -0.4 is 51.4 Å². The van der Waals surface area contributed by atoms with E-state index in [2.05, 4.69) is 0 Å². The first-order valence-electron chi connectivity index (χ1n) is 0.647. The predicted octanol–water partition coefficient (Wildman–Crippen LogP) is -4.24. The van der Waals surface area contributed by atoms with Crippen LogP contribution in [0.3, 0.4) is 0 Å². The third-order valence-corrected chi connectivity index (χ3v) is 0. The summed E-state index contributed by atoms with van der Waals surface area (Å²) < 4.78 is 31.8. The Morgan fingerprint density at radius 1 is 1.25 bits per heavy atom. The molecule has 2 N–H and O–H groups in total. The molecule has 0 saturated carbocycles. The van der Waals surface area contributed by atoms with Crippen molar-refractivity contribution >= 4 is 0 Å². The second-order valence-corrected chi connectivity index (χ2v) is 1.71. The summed E-state index contributed by atoms with van der Waals surface area (Å²) in [5, 5.41) is 0. The molecule has 0 aromatic carbocycles. The summed E-state index contributed by atoms with van der Waals surface area (Å²) in [5.41, 5.74) is 0. The molecule has 0 radical (unpaired) electrons. The summed E-state index contributed by atoms with van der Waals surface area (Å²) in [7, 11) is 0. The van der Waals surface area contributed by atoms with Gasteiger partial charge >= 0.3 is 80.8 Å². The second-order valence-electron chi connectivity index (χ2n) is 0.415. The minimum atomic E-state index is -5.12. The zero-order valence-electron chi connectivity index (χ0n) is 4.76. The van der Waals surface area contributed by atoms with Crippen molar-refractivity contribution in [2.45, 2.75) is 0 Å². The third-order valence-electron chi connectivity index (χ3n) is 0. The van der Waals surface area contributed by atoms with Gasteiger partial charge < -0.3 is 1.43 Å². The van der Waals surface area contributed by atoms with Gasteiger partial charge in [-0.3, -0.25) is 0 Å². The van der Waals surface area contributed by atoms with E-state index in [0.29, 0.717) is 0 Å². The van der Waals surface area contributed by atoms with Gasteiger partial charge in [0.1, 0.15) is 0 Å². The van der Waals surface area contributed by atoms with Gasteiger partial charge in [0, 0.05) is 33.6 Å². The third kappa shape index (κ3) is 71.0. The number of hydrogen-bond acceptors (Lipinski definition) is 2. The minimum absolute atomic E-state index is 0. The topological polar surface area (TPSA) is 74.6 Å². The van der Waals surface area contributed by atoms with E-state index in [4.69, 9.17) is 16.0 Å². The fourth-order valence-corrected chi connectivity index (χ4v) is 0. The van der Waals surface area contributed by atoms with Crippen molar-refractivity contribution in [1.82, 2.24) is 0 Å². The molecule has 0 amide bonds. The molecule has 0 unspecified atom stereocenters. The molecule has 0 aromatic heterocycles. The number of hydrogen-bond donors (Lipinski definition) is 2. The van der Waals surface area contributed by atoms with Crippen molar-refractivity contribution in [3.63, 3.8) is 0 Å². The van der Waals surface area contributed by atoms with Gasteiger partial charge in [0.05, 0.1) is 0 Å². The van der Waals surface area contributed by atoms with Crippen molar-refractivity contribution in [3.8, 4) is 0 Å². The van der Waals surface area contributed by atoms with Crippen molar-refractivity contribution in [2.24, 2.45) is 0 Å². The molecular formula is H3FeKMnNiO4. The molecule has 0 rings (SSSR count). The molecule has 0 atom stereocenters. The average Bonchev–Trinajstić information content (AvgIpc) is 0.722. The Labute approximate surface area is 113 Å². The molecule has 0 aromatic rings. The fourth-order valence-electron chi connectivity index (χ4n) is 0. The van der Waals surface area contributed by atoms with Crippen molar-refractivity contribution in [1.29, 1.82) is 0 Å². The van der Waals surface area contributed by atoms with Gasteiger partial charge in [0.25, 0.3) is 0 Å². The van der Waals surface area contributed by atoms with E-state index in [-0.39, 0.29) is 86.4 Å². The Morgan fingerprint density at radius 2 is 1.25 bits per heavy atom. The predicted molar refractivity (Wildman–Crippen MR) is 6.92 cm³/mol. The van der Waals surface area contributed by atoms with Gasteiger partial charge in [-0.15, -0.1) is 0 Å². The first-order valence-corrected chi connectivity index (χ1v) is 2.67. The standard InChI is InChI=1S/Fe.K.Mn.Ni.2H2O.2O.H/h;;;;2*1H2;;;/q;+1;+2;;;;;;-1/p-2. The number of rotatable bonds is 0. The molecule has 4 nitrogen and oxygen atoms in total. The maximum absolute atomic E-state index is 8.80. The molecule has 8 heteroatoms. The molecule has 53 valence electrons. The van der Waals surface area contributed by atoms with Gasteiger partial charge in [-0.1, -0.05) is 0 Å². The van der Waals surface area contributed by atoms with Gasteiger partial charge in [-0.2, -0.15) is 0 Å². The van der Waals surface area contributed by atoms with Gasteiger partial charge in [-0.25, -0.2) is 0 Å². The first kappa shape index (κ1) is 22.4. The van der Waals surface area contributed by atoms with Crippen LogP contribution in [0, 0.1) is 0 Å². The van der Waals surface area contributed by atoms with Crippen LogP contribution in [0.2, 0.25) is 0 Å². The Kier molecular flexibility index (Phi) is 27.2. The monoisotopic (exact) mass is 275 g/mol. The normalized spacial score (nSPS) is 7.25. The SMILES string of the molecule is [Fe].[H-].[K+].[Ni].[O]=[Mn](=[O])([OH])[OH]. The van der Waals surface area contributed by atoms with E-state index in [1.807, 2.05) is 0 Å². The molecule has 0 heterocycles. The Bertz CT molecular complexity index is 104. The zero-order chi connectivity index (χ0) is 4.50. The van der Waals surface area contributed by atoms with Crippen molar-refractivity contribution < 1.29 is 116 Å². The summed E-state index contributed by atoms with van der Waals surface area (Å²) in [5.74, 6) is 0. The summed E-state index contributed by atoms with van der Waals surface area (Å²) >= 11 is -5.12. The van der Waals surface area contributed by atoms with Crippen LogP contribution in [0.1, 0.15) is 1.43 Å². The van der Waals surface area contributed by atoms with Crippen LogP contribution in [0.25, 0.3) is 0 Å². The van der Waals surface area contributed by atoms with Gasteiger partial charge in [0.15, 0.2) is 0 Å². The van der Waals surface area contributed by atoms with Crippen molar-refractivity contribution in [2.75, 3.05) is 0 Å². The average molecular weight is 276 g/mol. The van der Waals surface area contributed by atoms with E-state index in [1.165, 1.54) is 0 Å². The zero-order valence-corrected chi connectivity index (χ0v) is 10.2. The first-order chi connectivity index (χ1) is 2.00. The Hall–Kier alpha value is 2.69. The van der Waals surface area contributed by atoms with Crippen LogP contribution >= 0.6 is 0 Å². The fraction of sp³-hybridized carbons (Fsp3) is 0. The van der Waals surface area contributed by atoms with Crippen LogP contribution in [0.5, 0.6) is 0 Å². The van der Waals surface area contributed by atoms with E-state index < -0.39 is 13.4 Å². The molecule has 0 fully saturated rings. The summed E-state index contributed by atoms with van der Waals surface area (Å²) in [6.07, 6.45) is 0. The van der Waals surface area contributed by atoms with E-state index in [0.717, 1.165) is 0 Å². The maximum atomic E-state index is 8.80. The Morgan fingerprint density at radius 3 is 1.25 bits per heavy atom. The van der Waals surface area contributed by atoms with E-state index in [9.17, 15) is 0 Å². The van der Waals surface area contributed by atoms with E-state index in [1.54, 1.807) is 0 Å². The quantitative estimate of drug-likeness (QED) is 0.439. The summed E-state index contributed by atoms with van der Waals surface area (Å²) in [4.78, 5) is 0. The molecule has 0 aliphatic rings. The van der Waals surface area contributed by atoms with E-state index >= 15 is 0 Å².